The van der Waals surface area contributed by atoms with Crippen LogP contribution in [0.1, 0.15) is 56.1 Å². The summed E-state index contributed by atoms with van der Waals surface area (Å²) in [6, 6.07) is 5.92. The zero-order valence-electron chi connectivity index (χ0n) is 26.8. The lowest BCUT2D eigenvalue weighted by Gasteiger charge is -2.30. The Morgan fingerprint density at radius 1 is 1.04 bits per heavy atom. The van der Waals surface area contributed by atoms with E-state index in [9.17, 15) is 40.7 Å². The van der Waals surface area contributed by atoms with Crippen molar-refractivity contribution in [3.05, 3.63) is 65.7 Å². The van der Waals surface area contributed by atoms with E-state index in [1.807, 2.05) is 30.4 Å². The molecule has 0 bridgehead atoms. The minimum Gasteiger partial charge on any atom is -0.467 e. The van der Waals surface area contributed by atoms with Crippen LogP contribution in [0.15, 0.2) is 54.6 Å². The SMILES string of the molecule is COC(=O)[C@@]12C[C@@H]1/C=C\CCCCC[C@H](Nc1cc(C(F)(F)F)cc(C(F)(F)F)c1)C(=O)N1C[C@H](Oc3nc4ccccc4s3)C[C@H]1C(=O)N2. The van der Waals surface area contributed by atoms with Gasteiger partial charge in [0.25, 0.3) is 5.19 Å². The highest BCUT2D eigenvalue weighted by Gasteiger charge is 2.62. The van der Waals surface area contributed by atoms with Gasteiger partial charge in [0.1, 0.15) is 23.7 Å². The minimum absolute atomic E-state index is 0.0141. The molecule has 0 spiro atoms. The average molecular weight is 725 g/mol. The zero-order chi connectivity index (χ0) is 35.8. The highest BCUT2D eigenvalue weighted by Crippen LogP contribution is 2.46. The van der Waals surface area contributed by atoms with E-state index in [2.05, 4.69) is 15.6 Å². The molecule has 3 aromatic rings. The van der Waals surface area contributed by atoms with Gasteiger partial charge in [0.2, 0.25) is 11.8 Å². The molecule has 0 radical (unpaired) electrons. The van der Waals surface area contributed by atoms with Gasteiger partial charge in [-0.3, -0.25) is 9.59 Å². The number of methoxy groups -OCH3 is 1. The Balaban J connectivity index is 1.34. The van der Waals surface area contributed by atoms with Gasteiger partial charge in [-0.2, -0.15) is 26.3 Å². The predicted octanol–water partition coefficient (Wildman–Crippen LogP) is 6.73. The van der Waals surface area contributed by atoms with Gasteiger partial charge in [0.15, 0.2) is 0 Å². The molecular formula is C34H34F6N4O5S. The monoisotopic (exact) mass is 724 g/mol. The Morgan fingerprint density at radius 2 is 1.76 bits per heavy atom. The van der Waals surface area contributed by atoms with Crippen LogP contribution in [0.25, 0.3) is 10.2 Å². The number of amides is 2. The normalized spacial score (nSPS) is 27.0. The molecule has 2 aromatic carbocycles. The second-order valence-electron chi connectivity index (χ2n) is 12.7. The molecule has 1 aromatic heterocycles. The number of nitrogens with zero attached hydrogens (tertiary/aromatic N) is 2. The molecule has 3 aliphatic rings. The molecule has 16 heteroatoms. The number of thiazole rings is 1. The van der Waals surface area contributed by atoms with Crippen LogP contribution in [0, 0.1) is 5.92 Å². The predicted molar refractivity (Wildman–Crippen MR) is 171 cm³/mol. The van der Waals surface area contributed by atoms with Crippen LogP contribution in [0.4, 0.5) is 32.0 Å². The number of allylic oxidation sites excluding steroid dienone is 1. The van der Waals surface area contributed by atoms with E-state index in [1.54, 1.807) is 6.07 Å². The fraction of sp³-hybridized carbons (Fsp3) is 0.471. The van der Waals surface area contributed by atoms with Gasteiger partial charge in [-0.15, -0.1) is 0 Å². The van der Waals surface area contributed by atoms with Crippen LogP contribution in [0.3, 0.4) is 0 Å². The number of carbonyl (C=O) groups excluding carboxylic acids is 3. The van der Waals surface area contributed by atoms with Crippen LogP contribution >= 0.6 is 11.3 Å². The van der Waals surface area contributed by atoms with Crippen molar-refractivity contribution in [1.82, 2.24) is 15.2 Å². The Labute approximate surface area is 287 Å². The molecule has 9 nitrogen and oxygen atoms in total. The molecule has 2 fully saturated rings. The largest absolute Gasteiger partial charge is 0.467 e. The summed E-state index contributed by atoms with van der Waals surface area (Å²) in [6.07, 6.45) is -4.53. The number of benzene rings is 2. The van der Waals surface area contributed by atoms with Crippen LogP contribution in [0.5, 0.6) is 5.19 Å². The number of para-hydroxylation sites is 1. The number of rotatable bonds is 5. The lowest BCUT2D eigenvalue weighted by molar-refractivity contribution is -0.148. The first-order valence-electron chi connectivity index (χ1n) is 16.1. The number of ether oxygens (including phenoxy) is 2. The number of nitrogens with one attached hydrogen (secondary N) is 2. The van der Waals surface area contributed by atoms with E-state index in [0.29, 0.717) is 48.5 Å². The minimum atomic E-state index is -5.09. The van der Waals surface area contributed by atoms with Crippen molar-refractivity contribution < 1.29 is 50.2 Å². The maximum atomic E-state index is 14.3. The number of esters is 1. The standard InChI is InChI=1S/C34H34F6N4O5S/c1-48-30(47)32-17-19(32)9-5-3-2-4-6-11-25(41-22-14-20(33(35,36)37)13-21(15-22)34(38,39)40)29(46)44-18-23(16-26(44)28(45)43-32)49-31-42-24-10-7-8-12-27(24)50-31/h5,7-10,12-15,19,23,25-26,41H,2-4,6,11,16-18H2,1H3,(H,43,45)/b9-5-/t19-,23+,25-,26-,32+/m0/s1. The molecule has 2 aliphatic heterocycles. The van der Waals surface area contributed by atoms with Gasteiger partial charge < -0.3 is 25.0 Å². The Bertz CT molecular complexity index is 1730. The highest BCUT2D eigenvalue weighted by molar-refractivity contribution is 7.20. The summed E-state index contributed by atoms with van der Waals surface area (Å²) >= 11 is 1.27. The smallest absolute Gasteiger partial charge is 0.416 e. The second kappa shape index (κ2) is 13.8. The number of fused-ring (bicyclic) bond motifs is 3. The van der Waals surface area contributed by atoms with E-state index >= 15 is 0 Å². The van der Waals surface area contributed by atoms with E-state index in [4.69, 9.17) is 9.47 Å². The summed E-state index contributed by atoms with van der Waals surface area (Å²) in [6.45, 7) is -0.129. The van der Waals surface area contributed by atoms with Gasteiger partial charge in [0, 0.05) is 18.0 Å². The number of carbonyl (C=O) groups is 3. The first-order chi connectivity index (χ1) is 23.7. The molecule has 2 amide bonds. The number of halogens is 6. The van der Waals surface area contributed by atoms with Crippen LogP contribution in [-0.2, 0) is 31.5 Å². The third kappa shape index (κ3) is 7.54. The first kappa shape index (κ1) is 35.5. The van der Waals surface area contributed by atoms with Crippen molar-refractivity contribution in [1.29, 1.82) is 0 Å². The Hall–Kier alpha value is -4.34. The highest BCUT2D eigenvalue weighted by atomic mass is 32.1. The summed E-state index contributed by atoms with van der Waals surface area (Å²) in [5, 5.41) is 5.74. The average Bonchev–Trinajstić information content (AvgIpc) is 3.36. The molecule has 1 saturated carbocycles. The van der Waals surface area contributed by atoms with Crippen molar-refractivity contribution in [2.75, 3.05) is 19.0 Å². The molecule has 268 valence electrons. The molecular weight excluding hydrogens is 690 g/mol. The summed E-state index contributed by atoms with van der Waals surface area (Å²) in [5.41, 5.74) is -4.25. The zero-order valence-corrected chi connectivity index (χ0v) is 27.6. The molecule has 0 unspecified atom stereocenters. The Morgan fingerprint density at radius 3 is 2.44 bits per heavy atom. The summed E-state index contributed by atoms with van der Waals surface area (Å²) in [4.78, 5) is 46.9. The number of anilines is 1. The molecule has 6 rings (SSSR count). The van der Waals surface area contributed by atoms with Crippen molar-refractivity contribution >= 4 is 45.0 Å². The quantitative estimate of drug-likeness (QED) is 0.171. The topological polar surface area (TPSA) is 110 Å². The third-order valence-corrected chi connectivity index (χ3v) is 10.2. The van der Waals surface area contributed by atoms with Crippen LogP contribution < -0.4 is 15.4 Å². The Kier molecular flexibility index (Phi) is 9.76. The van der Waals surface area contributed by atoms with Crippen molar-refractivity contribution in [2.24, 2.45) is 5.92 Å². The summed E-state index contributed by atoms with van der Waals surface area (Å²) in [5.74, 6) is -2.35. The van der Waals surface area contributed by atoms with Gasteiger partial charge in [-0.1, -0.05) is 48.5 Å². The van der Waals surface area contributed by atoms with Crippen molar-refractivity contribution in [2.45, 2.75) is 81.0 Å². The molecule has 5 atom stereocenters. The fourth-order valence-electron chi connectivity index (χ4n) is 6.60. The first-order valence-corrected chi connectivity index (χ1v) is 17.0. The van der Waals surface area contributed by atoms with Gasteiger partial charge in [-0.05, 0) is 56.0 Å². The van der Waals surface area contributed by atoms with Gasteiger partial charge in [-0.25, -0.2) is 9.78 Å². The van der Waals surface area contributed by atoms with Crippen LogP contribution in [-0.4, -0.2) is 65.0 Å². The summed E-state index contributed by atoms with van der Waals surface area (Å²) < 4.78 is 94.1. The number of hydrogen-bond acceptors (Lipinski definition) is 8. The molecule has 50 heavy (non-hydrogen) atoms. The third-order valence-electron chi connectivity index (χ3n) is 9.26. The molecule has 1 saturated heterocycles. The summed E-state index contributed by atoms with van der Waals surface area (Å²) in [7, 11) is 1.21. The van der Waals surface area contributed by atoms with Crippen molar-refractivity contribution in [3.8, 4) is 5.19 Å². The maximum Gasteiger partial charge on any atom is 0.416 e. The lowest BCUT2D eigenvalue weighted by atomic mass is 10.0. The molecule has 1 aliphatic carbocycles. The van der Waals surface area contributed by atoms with Gasteiger partial charge in [0.05, 0.1) is 35.0 Å². The van der Waals surface area contributed by atoms with E-state index < -0.39 is 70.7 Å². The van der Waals surface area contributed by atoms with Crippen molar-refractivity contribution in [3.63, 3.8) is 0 Å². The second-order valence-corrected chi connectivity index (χ2v) is 13.7. The van der Waals surface area contributed by atoms with E-state index in [-0.39, 0.29) is 37.8 Å². The fourth-order valence-corrected chi connectivity index (χ4v) is 7.48. The van der Waals surface area contributed by atoms with E-state index in [0.717, 1.165) is 4.70 Å². The number of alkyl halides is 6. The van der Waals surface area contributed by atoms with E-state index in [1.165, 1.54) is 23.3 Å². The lowest BCUT2D eigenvalue weighted by Crippen LogP contribution is -2.55. The number of aromatic nitrogens is 1. The number of hydrogen-bond donors (Lipinski definition) is 2. The van der Waals surface area contributed by atoms with Gasteiger partial charge >= 0.3 is 18.3 Å². The molecule has 2 N–H and O–H groups in total. The molecule has 3 heterocycles. The van der Waals surface area contributed by atoms with Crippen LogP contribution in [0.2, 0.25) is 0 Å². The maximum absolute atomic E-state index is 14.3.